The van der Waals surface area contributed by atoms with Gasteiger partial charge in [0.25, 0.3) is 0 Å². The normalized spacial score (nSPS) is 52.3. The van der Waals surface area contributed by atoms with Gasteiger partial charge in [0.05, 0.1) is 33.0 Å². The van der Waals surface area contributed by atoms with E-state index < -0.39 is 187 Å². The molecule has 0 aromatic carbocycles. The van der Waals surface area contributed by atoms with Crippen LogP contribution in [0.1, 0.15) is 0 Å². The largest absolute Gasteiger partial charge is 0.394 e. The molecule has 5 aliphatic heterocycles. The zero-order valence-electron chi connectivity index (χ0n) is 29.5. The molecule has 0 aromatic rings. The lowest BCUT2D eigenvalue weighted by atomic mass is 9.99. The van der Waals surface area contributed by atoms with E-state index in [1.54, 1.807) is 0 Å². The van der Waals surface area contributed by atoms with Crippen LogP contribution in [0, 0.1) is 0 Å². The van der Waals surface area contributed by atoms with Crippen LogP contribution in [-0.2, 0) is 42.6 Å². The van der Waals surface area contributed by atoms with Crippen molar-refractivity contribution in [3.05, 3.63) is 0 Å². The van der Waals surface area contributed by atoms with Gasteiger partial charge in [-0.15, -0.1) is 0 Å². The van der Waals surface area contributed by atoms with Gasteiger partial charge in [0.15, 0.2) is 6.29 Å². The maximum Gasteiger partial charge on any atom is 0.224 e. The first-order chi connectivity index (χ1) is 26.4. The maximum absolute atomic E-state index is 11.3. The number of ether oxygens (including phenoxy) is 9. The summed E-state index contributed by atoms with van der Waals surface area (Å²) >= 11 is 0. The lowest BCUT2D eigenvalue weighted by Gasteiger charge is -2.45. The minimum absolute atomic E-state index is 0.852. The summed E-state index contributed by atoms with van der Waals surface area (Å²) in [4.78, 5) is 0. The Kier molecular flexibility index (Phi) is 14.7. The van der Waals surface area contributed by atoms with E-state index >= 15 is 0 Å². The van der Waals surface area contributed by atoms with E-state index in [-0.39, 0.29) is 0 Å². The second kappa shape index (κ2) is 17.9. The van der Waals surface area contributed by atoms with Gasteiger partial charge in [0.2, 0.25) is 23.1 Å². The maximum atomic E-state index is 11.3. The van der Waals surface area contributed by atoms with E-state index in [9.17, 15) is 86.8 Å². The topological polar surface area (TPSA) is 427 Å². The fourth-order valence-electron chi connectivity index (χ4n) is 7.15. The van der Waals surface area contributed by atoms with Crippen LogP contribution < -0.4 is 0 Å². The Labute approximate surface area is 316 Å². The van der Waals surface area contributed by atoms with Crippen molar-refractivity contribution in [3.63, 3.8) is 0 Å². The second-order valence-corrected chi connectivity index (χ2v) is 14.2. The van der Waals surface area contributed by atoms with Crippen LogP contribution in [0.15, 0.2) is 0 Å². The van der Waals surface area contributed by atoms with Gasteiger partial charge < -0.3 is 129 Å². The van der Waals surface area contributed by atoms with Crippen LogP contribution >= 0.6 is 0 Å². The molecule has 0 spiro atoms. The summed E-state index contributed by atoms with van der Waals surface area (Å²) in [5.41, 5.74) is 0. The van der Waals surface area contributed by atoms with Crippen molar-refractivity contribution in [3.8, 4) is 0 Å². The second-order valence-electron chi connectivity index (χ2n) is 14.2. The number of aliphatic hydroxyl groups excluding tert-OH is 17. The average molecular weight is 829 g/mol. The van der Waals surface area contributed by atoms with Crippen molar-refractivity contribution in [2.75, 3.05) is 59.5 Å². The molecule has 0 aliphatic carbocycles. The molecule has 0 saturated carbocycles. The molecule has 1 unspecified atom stereocenters. The van der Waals surface area contributed by atoms with Crippen molar-refractivity contribution in [2.45, 2.75) is 127 Å². The van der Waals surface area contributed by atoms with Gasteiger partial charge in [-0.25, -0.2) is 0 Å². The Morgan fingerprint density at radius 3 is 1.05 bits per heavy atom. The average Bonchev–Trinajstić information content (AvgIpc) is 3.80. The summed E-state index contributed by atoms with van der Waals surface area (Å²) in [5, 5.41) is 177. The molecule has 0 radical (unpaired) electrons. The van der Waals surface area contributed by atoms with Gasteiger partial charge in [-0.05, 0) is 0 Å². The molecular weight excluding hydrogens is 776 g/mol. The Balaban J connectivity index is 1.47. The molecule has 0 bridgehead atoms. The van der Waals surface area contributed by atoms with Crippen molar-refractivity contribution in [2.24, 2.45) is 0 Å². The standard InChI is InChI=1S/C30H52O26/c31-1-10-15(37)20(42)21(43)26(51-10)56-30(25(47)19(41)14(5-35)55-30)9-50-29(24(46)18(40)13(4-34)54-29)8-49-28(23(45)17(39)12(3-33)53-28)7-48-27(6-36)22(44)16(38)11(2-32)52-27/h10-26,31-47H,1-9H2/t10-,11-,12-,13-,14-,15-,16-,17-,18-,19-,20+,21-,22+,23+,24+,25+,26?,27-,28-,29-,30+/m1/s1. The smallest absolute Gasteiger partial charge is 0.224 e. The minimum atomic E-state index is -2.79. The Morgan fingerprint density at radius 2 is 0.679 bits per heavy atom. The number of aliphatic hydroxyl groups is 17. The van der Waals surface area contributed by atoms with Crippen LogP contribution in [0.2, 0.25) is 0 Å². The summed E-state index contributed by atoms with van der Waals surface area (Å²) in [6.07, 6.45) is -32.5. The third-order valence-corrected chi connectivity index (χ3v) is 10.7. The van der Waals surface area contributed by atoms with E-state index in [1.807, 2.05) is 0 Å². The van der Waals surface area contributed by atoms with Crippen molar-refractivity contribution in [1.82, 2.24) is 0 Å². The molecule has 0 aromatic heterocycles. The molecule has 5 fully saturated rings. The first kappa shape index (κ1) is 46.0. The first-order valence-electron chi connectivity index (χ1n) is 17.5. The molecule has 328 valence electrons. The molecule has 56 heavy (non-hydrogen) atoms. The summed E-state index contributed by atoms with van der Waals surface area (Å²) < 4.78 is 50.6. The van der Waals surface area contributed by atoms with Crippen LogP contribution in [0.3, 0.4) is 0 Å². The van der Waals surface area contributed by atoms with Crippen molar-refractivity contribution >= 4 is 0 Å². The highest BCUT2D eigenvalue weighted by Crippen LogP contribution is 2.43. The molecule has 5 aliphatic rings. The minimum Gasteiger partial charge on any atom is -0.394 e. The summed E-state index contributed by atoms with van der Waals surface area (Å²) in [6, 6.07) is 0. The van der Waals surface area contributed by atoms with Crippen LogP contribution in [0.25, 0.3) is 0 Å². The fraction of sp³-hybridized carbons (Fsp3) is 1.00. The van der Waals surface area contributed by atoms with Crippen molar-refractivity contribution < 1.29 is 129 Å². The third kappa shape index (κ3) is 7.97. The van der Waals surface area contributed by atoms with E-state index in [0.29, 0.717) is 0 Å². The lowest BCUT2D eigenvalue weighted by molar-refractivity contribution is -0.406. The predicted molar refractivity (Wildman–Crippen MR) is 167 cm³/mol. The molecule has 5 heterocycles. The highest BCUT2D eigenvalue weighted by molar-refractivity contribution is 5.04. The van der Waals surface area contributed by atoms with E-state index in [4.69, 9.17) is 42.6 Å². The van der Waals surface area contributed by atoms with Gasteiger partial charge >= 0.3 is 0 Å². The summed E-state index contributed by atoms with van der Waals surface area (Å²) in [6.45, 7) is -9.51. The zero-order chi connectivity index (χ0) is 41.5. The Hall–Kier alpha value is -1.04. The van der Waals surface area contributed by atoms with Crippen LogP contribution in [-0.4, -0.2) is 273 Å². The van der Waals surface area contributed by atoms with Crippen molar-refractivity contribution in [1.29, 1.82) is 0 Å². The quantitative estimate of drug-likeness (QED) is 0.0647. The molecule has 21 atom stereocenters. The molecule has 17 N–H and O–H groups in total. The van der Waals surface area contributed by atoms with E-state index in [0.717, 1.165) is 0 Å². The van der Waals surface area contributed by atoms with Gasteiger partial charge in [-0.3, -0.25) is 0 Å². The third-order valence-electron chi connectivity index (χ3n) is 10.7. The summed E-state index contributed by atoms with van der Waals surface area (Å²) in [5.74, 6) is -10.8. The molecular formula is C30H52O26. The monoisotopic (exact) mass is 828 g/mol. The lowest BCUT2D eigenvalue weighted by Crippen LogP contribution is -2.63. The molecule has 26 nitrogen and oxygen atoms in total. The molecule has 5 rings (SSSR count). The molecule has 0 amide bonds. The highest BCUT2D eigenvalue weighted by Gasteiger charge is 2.65. The van der Waals surface area contributed by atoms with Crippen LogP contribution in [0.5, 0.6) is 0 Å². The van der Waals surface area contributed by atoms with E-state index in [1.165, 1.54) is 0 Å². The van der Waals surface area contributed by atoms with Gasteiger partial charge in [-0.2, -0.15) is 0 Å². The fourth-order valence-corrected chi connectivity index (χ4v) is 7.15. The number of rotatable bonds is 17. The zero-order valence-corrected chi connectivity index (χ0v) is 29.5. The number of hydrogen-bond acceptors (Lipinski definition) is 26. The Morgan fingerprint density at radius 1 is 0.357 bits per heavy atom. The van der Waals surface area contributed by atoms with Crippen LogP contribution in [0.4, 0.5) is 0 Å². The van der Waals surface area contributed by atoms with Gasteiger partial charge in [-0.1, -0.05) is 0 Å². The molecule has 26 heteroatoms. The predicted octanol–water partition coefficient (Wildman–Crippen LogP) is -11.9. The summed E-state index contributed by atoms with van der Waals surface area (Å²) in [7, 11) is 0. The first-order valence-corrected chi connectivity index (χ1v) is 17.5. The SMILES string of the molecule is OC[C@H]1O[C@@](CO)(OC[C@@]2(OC[C@@]3(OC[C@@]4(OC5O[C@H](CO)[C@@H](O)[C@H](O)[C@H]5O)O[C@H](CO)[C@@H](O)[C@@H]4O)O[C@H](CO)[C@@H](O)[C@@H]3O)O[C@H](CO)[C@@H](O)[C@@H]2O)[C@@H](O)[C@@H]1O. The van der Waals surface area contributed by atoms with E-state index in [2.05, 4.69) is 0 Å². The number of hydrogen-bond donors (Lipinski definition) is 17. The molecule has 5 saturated heterocycles. The van der Waals surface area contributed by atoms with Gasteiger partial charge in [0, 0.05) is 0 Å². The highest BCUT2D eigenvalue weighted by atomic mass is 16.8. The van der Waals surface area contributed by atoms with Gasteiger partial charge in [0.1, 0.15) is 124 Å². The Bertz CT molecular complexity index is 1270.